The van der Waals surface area contributed by atoms with Gasteiger partial charge in [0.05, 0.1) is 11.3 Å². The van der Waals surface area contributed by atoms with Gasteiger partial charge in [0.2, 0.25) is 6.41 Å². The summed E-state index contributed by atoms with van der Waals surface area (Å²) in [6.07, 6.45) is 0.431. The topological polar surface area (TPSA) is 66.4 Å². The van der Waals surface area contributed by atoms with E-state index in [2.05, 4.69) is 37.2 Å². The molecule has 0 unspecified atom stereocenters. The molecule has 0 aliphatic carbocycles. The van der Waals surface area contributed by atoms with Gasteiger partial charge in [0, 0.05) is 8.95 Å². The lowest BCUT2D eigenvalue weighted by Crippen LogP contribution is -2.05. The normalized spacial score (nSPS) is 9.57. The zero-order valence-electron chi connectivity index (χ0n) is 6.75. The summed E-state index contributed by atoms with van der Waals surface area (Å²) in [7, 11) is 0. The highest BCUT2D eigenvalue weighted by Gasteiger charge is 2.13. The van der Waals surface area contributed by atoms with Crippen molar-refractivity contribution in [3.05, 3.63) is 26.6 Å². The molecule has 74 valence electrons. The Labute approximate surface area is 96.6 Å². The number of hydrogen-bond donors (Lipinski definition) is 2. The number of amides is 1. The third-order valence-corrected chi connectivity index (χ3v) is 2.57. The molecular weight excluding hydrogens is 318 g/mol. The molecule has 1 aromatic rings. The molecule has 0 saturated heterocycles. The summed E-state index contributed by atoms with van der Waals surface area (Å²) < 4.78 is 1.13. The van der Waals surface area contributed by atoms with Crippen LogP contribution in [0.3, 0.4) is 0 Å². The van der Waals surface area contributed by atoms with Crippen LogP contribution in [0.1, 0.15) is 10.4 Å². The van der Waals surface area contributed by atoms with Crippen LogP contribution in [0.15, 0.2) is 21.1 Å². The molecule has 0 heterocycles. The van der Waals surface area contributed by atoms with E-state index in [0.29, 0.717) is 15.4 Å². The number of carboxylic acids is 1. The number of rotatable bonds is 3. The van der Waals surface area contributed by atoms with Gasteiger partial charge in [0.15, 0.2) is 0 Å². The van der Waals surface area contributed by atoms with Gasteiger partial charge in [0.25, 0.3) is 0 Å². The Kier molecular flexibility index (Phi) is 3.65. The van der Waals surface area contributed by atoms with Crippen LogP contribution in [-0.4, -0.2) is 17.5 Å². The van der Waals surface area contributed by atoms with Crippen molar-refractivity contribution in [2.24, 2.45) is 0 Å². The average Bonchev–Trinajstić information content (AvgIpc) is 2.09. The van der Waals surface area contributed by atoms with Crippen molar-refractivity contribution < 1.29 is 14.7 Å². The van der Waals surface area contributed by atoms with Gasteiger partial charge in [-0.1, -0.05) is 15.9 Å². The summed E-state index contributed by atoms with van der Waals surface area (Å²) in [5, 5.41) is 11.2. The Morgan fingerprint density at radius 2 is 2.07 bits per heavy atom. The predicted octanol–water partition coefficient (Wildman–Crippen LogP) is 2.48. The lowest BCUT2D eigenvalue weighted by atomic mass is 10.2. The number of carboxylic acid groups (broad SMARTS) is 1. The van der Waals surface area contributed by atoms with Crippen LogP contribution < -0.4 is 5.32 Å². The molecule has 0 fully saturated rings. The first-order valence-electron chi connectivity index (χ1n) is 3.48. The first-order chi connectivity index (χ1) is 6.56. The summed E-state index contributed by atoms with van der Waals surface area (Å²) in [5.74, 6) is -1.10. The van der Waals surface area contributed by atoms with Gasteiger partial charge in [-0.2, -0.15) is 0 Å². The van der Waals surface area contributed by atoms with Crippen LogP contribution in [0.2, 0.25) is 0 Å². The molecule has 1 rings (SSSR count). The first kappa shape index (κ1) is 11.2. The Morgan fingerprint density at radius 3 is 2.57 bits per heavy atom. The van der Waals surface area contributed by atoms with Gasteiger partial charge in [0.1, 0.15) is 0 Å². The number of aromatic carboxylic acids is 1. The van der Waals surface area contributed by atoms with Gasteiger partial charge in [-0.05, 0) is 28.1 Å². The molecule has 0 aromatic heterocycles. The van der Waals surface area contributed by atoms with E-state index in [1.54, 1.807) is 6.07 Å². The summed E-state index contributed by atoms with van der Waals surface area (Å²) in [5.41, 5.74) is 0.272. The van der Waals surface area contributed by atoms with Crippen LogP contribution >= 0.6 is 31.9 Å². The summed E-state index contributed by atoms with van der Waals surface area (Å²) in [6.45, 7) is 0. The second-order valence-electron chi connectivity index (χ2n) is 2.38. The fraction of sp³-hybridized carbons (Fsp3) is 0. The lowest BCUT2D eigenvalue weighted by Gasteiger charge is -2.07. The maximum absolute atomic E-state index is 10.8. The zero-order chi connectivity index (χ0) is 10.7. The maximum Gasteiger partial charge on any atom is 0.337 e. The van der Waals surface area contributed by atoms with Crippen molar-refractivity contribution in [1.82, 2.24) is 0 Å². The number of carbonyl (C=O) groups is 2. The van der Waals surface area contributed by atoms with E-state index < -0.39 is 5.97 Å². The summed E-state index contributed by atoms with van der Waals surface area (Å²) in [4.78, 5) is 21.1. The summed E-state index contributed by atoms with van der Waals surface area (Å²) >= 11 is 6.31. The highest BCUT2D eigenvalue weighted by molar-refractivity contribution is 9.11. The number of halogens is 2. The molecule has 2 N–H and O–H groups in total. The number of benzene rings is 1. The molecule has 14 heavy (non-hydrogen) atoms. The standard InChI is InChI=1S/C8H5Br2NO3/c9-4-1-5(8(13)14)7(11-3-12)6(10)2-4/h1-3H,(H,11,12)(H,13,14). The second-order valence-corrected chi connectivity index (χ2v) is 4.15. The minimum absolute atomic E-state index is 0.0263. The highest BCUT2D eigenvalue weighted by atomic mass is 79.9. The van der Waals surface area contributed by atoms with Crippen LogP contribution in [0, 0.1) is 0 Å². The molecule has 1 amide bonds. The van der Waals surface area contributed by atoms with Gasteiger partial charge < -0.3 is 10.4 Å². The Balaban J connectivity index is 3.35. The molecule has 0 bridgehead atoms. The van der Waals surface area contributed by atoms with Gasteiger partial charge >= 0.3 is 5.97 Å². The van der Waals surface area contributed by atoms with Gasteiger partial charge in [-0.25, -0.2) is 4.79 Å². The maximum atomic E-state index is 10.8. The first-order valence-corrected chi connectivity index (χ1v) is 5.07. The predicted molar refractivity (Wildman–Crippen MR) is 58.5 cm³/mol. The molecule has 6 heteroatoms. The van der Waals surface area contributed by atoms with E-state index in [4.69, 9.17) is 5.11 Å². The molecule has 0 radical (unpaired) electrons. The van der Waals surface area contributed by atoms with Crippen molar-refractivity contribution in [1.29, 1.82) is 0 Å². The third-order valence-electron chi connectivity index (χ3n) is 1.49. The largest absolute Gasteiger partial charge is 0.478 e. The fourth-order valence-electron chi connectivity index (χ4n) is 0.948. The van der Waals surface area contributed by atoms with Crippen molar-refractivity contribution in [3.63, 3.8) is 0 Å². The monoisotopic (exact) mass is 321 g/mol. The van der Waals surface area contributed by atoms with Crippen molar-refractivity contribution >= 4 is 49.9 Å². The smallest absolute Gasteiger partial charge is 0.337 e. The number of carbonyl (C=O) groups excluding carboxylic acids is 1. The molecule has 0 saturated carbocycles. The van der Waals surface area contributed by atoms with E-state index >= 15 is 0 Å². The number of nitrogens with one attached hydrogen (secondary N) is 1. The number of hydrogen-bond acceptors (Lipinski definition) is 2. The molecule has 0 spiro atoms. The van der Waals surface area contributed by atoms with E-state index in [-0.39, 0.29) is 11.3 Å². The van der Waals surface area contributed by atoms with Gasteiger partial charge in [-0.3, -0.25) is 4.79 Å². The van der Waals surface area contributed by atoms with E-state index in [1.807, 2.05) is 0 Å². The van der Waals surface area contributed by atoms with E-state index in [0.717, 1.165) is 0 Å². The molecule has 0 aliphatic heterocycles. The molecule has 0 atom stereocenters. The van der Waals surface area contributed by atoms with Crippen LogP contribution in [0.25, 0.3) is 0 Å². The van der Waals surface area contributed by atoms with E-state index in [9.17, 15) is 9.59 Å². The Hall–Kier alpha value is -0.880. The van der Waals surface area contributed by atoms with Crippen molar-refractivity contribution in [2.75, 3.05) is 5.32 Å². The van der Waals surface area contributed by atoms with E-state index in [1.165, 1.54) is 6.07 Å². The third kappa shape index (κ3) is 2.33. The minimum atomic E-state index is -1.10. The highest BCUT2D eigenvalue weighted by Crippen LogP contribution is 2.30. The Bertz CT molecular complexity index is 392. The molecule has 1 aromatic carbocycles. The van der Waals surface area contributed by atoms with Gasteiger partial charge in [-0.15, -0.1) is 0 Å². The van der Waals surface area contributed by atoms with Crippen LogP contribution in [0.4, 0.5) is 5.69 Å². The van der Waals surface area contributed by atoms with Crippen molar-refractivity contribution in [2.45, 2.75) is 0 Å². The molecule has 0 aliphatic rings. The zero-order valence-corrected chi connectivity index (χ0v) is 9.92. The average molecular weight is 323 g/mol. The molecular formula is C8H5Br2NO3. The van der Waals surface area contributed by atoms with Crippen LogP contribution in [-0.2, 0) is 4.79 Å². The number of anilines is 1. The SMILES string of the molecule is O=CNc1c(Br)cc(Br)cc1C(=O)O. The molecule has 4 nitrogen and oxygen atoms in total. The lowest BCUT2D eigenvalue weighted by molar-refractivity contribution is -0.105. The minimum Gasteiger partial charge on any atom is -0.478 e. The second kappa shape index (κ2) is 4.56. The van der Waals surface area contributed by atoms with Crippen LogP contribution in [0.5, 0.6) is 0 Å². The van der Waals surface area contributed by atoms with Crippen molar-refractivity contribution in [3.8, 4) is 0 Å². The fourth-order valence-corrected chi connectivity index (χ4v) is 2.29. The quantitative estimate of drug-likeness (QED) is 0.840. The Morgan fingerprint density at radius 1 is 1.43 bits per heavy atom. The summed E-state index contributed by atoms with van der Waals surface area (Å²) in [6, 6.07) is 3.07.